The Morgan fingerprint density at radius 3 is 2.71 bits per heavy atom. The summed E-state index contributed by atoms with van der Waals surface area (Å²) >= 11 is 1.74. The lowest BCUT2D eigenvalue weighted by atomic mass is 9.92. The van der Waals surface area contributed by atoms with Crippen LogP contribution in [0.2, 0.25) is 0 Å². The molecule has 3 N–H and O–H groups in total. The molecular formula is C29H27N7OS. The van der Waals surface area contributed by atoms with Crippen LogP contribution in [0, 0.1) is 12.3 Å². The highest BCUT2D eigenvalue weighted by Crippen LogP contribution is 2.35. The van der Waals surface area contributed by atoms with Crippen molar-refractivity contribution in [2.75, 3.05) is 5.32 Å². The summed E-state index contributed by atoms with van der Waals surface area (Å²) in [5, 5.41) is 11.6. The number of hydrogen-bond acceptors (Lipinski definition) is 6. The maximum Gasteiger partial charge on any atom is 0.224 e. The molecule has 6 aromatic rings. The predicted molar refractivity (Wildman–Crippen MR) is 153 cm³/mol. The van der Waals surface area contributed by atoms with Gasteiger partial charge in [-0.1, -0.05) is 26.8 Å². The molecule has 190 valence electrons. The number of benzene rings is 1. The van der Waals surface area contributed by atoms with Crippen LogP contribution >= 0.6 is 11.3 Å². The smallest absolute Gasteiger partial charge is 0.224 e. The number of hydrogen-bond donors (Lipinski definition) is 3. The second kappa shape index (κ2) is 9.18. The third-order valence-corrected chi connectivity index (χ3v) is 7.27. The first-order valence-electron chi connectivity index (χ1n) is 12.4. The van der Waals surface area contributed by atoms with E-state index in [1.165, 1.54) is 9.75 Å². The van der Waals surface area contributed by atoms with E-state index in [1.807, 2.05) is 45.0 Å². The van der Waals surface area contributed by atoms with Crippen LogP contribution in [0.5, 0.6) is 0 Å². The molecule has 0 aliphatic carbocycles. The Morgan fingerprint density at radius 2 is 1.92 bits per heavy atom. The minimum Gasteiger partial charge on any atom is -0.335 e. The van der Waals surface area contributed by atoms with Gasteiger partial charge in [-0.05, 0) is 54.3 Å². The summed E-state index contributed by atoms with van der Waals surface area (Å²) in [6.45, 7) is 8.23. The molecule has 5 heterocycles. The molecule has 0 saturated heterocycles. The maximum atomic E-state index is 12.4. The average Bonchev–Trinajstić information content (AvgIpc) is 3.60. The van der Waals surface area contributed by atoms with Gasteiger partial charge in [-0.3, -0.25) is 14.9 Å². The molecule has 5 aromatic heterocycles. The summed E-state index contributed by atoms with van der Waals surface area (Å²) in [6, 6.07) is 14.3. The zero-order chi connectivity index (χ0) is 26.4. The molecule has 0 fully saturated rings. The summed E-state index contributed by atoms with van der Waals surface area (Å²) in [7, 11) is 0. The number of thiophene rings is 1. The predicted octanol–water partition coefficient (Wildman–Crippen LogP) is 6.97. The summed E-state index contributed by atoms with van der Waals surface area (Å²) in [5.41, 5.74) is 6.67. The van der Waals surface area contributed by atoms with E-state index >= 15 is 0 Å². The fourth-order valence-electron chi connectivity index (χ4n) is 4.53. The van der Waals surface area contributed by atoms with Crippen LogP contribution in [0.4, 0.5) is 5.69 Å². The van der Waals surface area contributed by atoms with Gasteiger partial charge in [0, 0.05) is 45.1 Å². The molecule has 0 saturated carbocycles. The molecule has 0 atom stereocenters. The van der Waals surface area contributed by atoms with Gasteiger partial charge in [0.25, 0.3) is 0 Å². The number of nitrogens with one attached hydrogen (secondary N) is 3. The average molecular weight is 522 g/mol. The fourth-order valence-corrected chi connectivity index (χ4v) is 5.43. The Hall–Kier alpha value is -4.37. The van der Waals surface area contributed by atoms with Crippen LogP contribution in [-0.4, -0.2) is 36.0 Å². The lowest BCUT2D eigenvalue weighted by molar-refractivity contribution is -0.117. The molecule has 0 unspecified atom stereocenters. The molecule has 6 rings (SSSR count). The van der Waals surface area contributed by atoms with Crippen molar-refractivity contribution in [2.24, 2.45) is 5.41 Å². The number of aromatic amines is 2. The number of nitrogens with zero attached hydrogens (tertiary/aromatic N) is 4. The maximum absolute atomic E-state index is 12.4. The molecule has 1 amide bonds. The largest absolute Gasteiger partial charge is 0.335 e. The highest BCUT2D eigenvalue weighted by Gasteiger charge is 2.18. The van der Waals surface area contributed by atoms with Gasteiger partial charge in [-0.15, -0.1) is 11.3 Å². The highest BCUT2D eigenvalue weighted by molar-refractivity contribution is 7.15. The van der Waals surface area contributed by atoms with E-state index in [-0.39, 0.29) is 11.3 Å². The quantitative estimate of drug-likeness (QED) is 0.227. The van der Waals surface area contributed by atoms with Crippen LogP contribution in [0.1, 0.15) is 32.1 Å². The molecule has 0 spiro atoms. The molecular weight excluding hydrogens is 494 g/mol. The number of rotatable bonds is 5. The number of aromatic nitrogens is 6. The molecule has 0 aliphatic rings. The van der Waals surface area contributed by atoms with E-state index in [0.717, 1.165) is 38.8 Å². The summed E-state index contributed by atoms with van der Waals surface area (Å²) in [5.74, 6) is 0.623. The standard InChI is InChI=1S/C29H27N7OS/c1-16-5-8-23(38-16)20-9-10-31-27-25(20)33-28(34-27)26-21-12-17(6-7-22(21)35-36-26)18-11-19(15-30-14-18)32-24(37)13-29(2,3)4/h5-12,14-15H,13H2,1-4H3,(H,32,37)(H,35,36)(H,31,33,34). The Kier molecular flexibility index (Phi) is 5.80. The van der Waals surface area contributed by atoms with E-state index in [9.17, 15) is 4.79 Å². The van der Waals surface area contributed by atoms with Crippen LogP contribution in [0.15, 0.2) is 61.1 Å². The van der Waals surface area contributed by atoms with Crippen LogP contribution in [0.3, 0.4) is 0 Å². The lowest BCUT2D eigenvalue weighted by Crippen LogP contribution is -2.19. The number of carbonyl (C=O) groups excluding carboxylic acids is 1. The number of pyridine rings is 2. The van der Waals surface area contributed by atoms with Crippen molar-refractivity contribution in [1.29, 1.82) is 0 Å². The van der Waals surface area contributed by atoms with E-state index in [4.69, 9.17) is 4.98 Å². The van der Waals surface area contributed by atoms with Crippen molar-refractivity contribution in [1.82, 2.24) is 30.1 Å². The molecule has 9 heteroatoms. The summed E-state index contributed by atoms with van der Waals surface area (Å²) < 4.78 is 0. The Labute approximate surface area is 223 Å². The van der Waals surface area contributed by atoms with Gasteiger partial charge in [0.2, 0.25) is 5.91 Å². The van der Waals surface area contributed by atoms with Crippen molar-refractivity contribution in [3.8, 4) is 33.1 Å². The number of aryl methyl sites for hydroxylation is 1. The number of imidazole rings is 1. The van der Waals surface area contributed by atoms with Crippen molar-refractivity contribution in [3.05, 3.63) is 65.9 Å². The topological polar surface area (TPSA) is 112 Å². The molecule has 0 bridgehead atoms. The minimum atomic E-state index is -0.0898. The highest BCUT2D eigenvalue weighted by atomic mass is 32.1. The van der Waals surface area contributed by atoms with E-state index in [1.54, 1.807) is 29.9 Å². The first-order chi connectivity index (χ1) is 18.2. The van der Waals surface area contributed by atoms with Gasteiger partial charge in [-0.2, -0.15) is 5.10 Å². The first-order valence-corrected chi connectivity index (χ1v) is 13.2. The summed E-state index contributed by atoms with van der Waals surface area (Å²) in [6.07, 6.45) is 5.68. The molecule has 38 heavy (non-hydrogen) atoms. The van der Waals surface area contributed by atoms with Gasteiger partial charge < -0.3 is 10.3 Å². The molecule has 8 nitrogen and oxygen atoms in total. The SMILES string of the molecule is Cc1ccc(-c2ccnc3nc(-c4n[nH]c5ccc(-c6cncc(NC(=O)CC(C)(C)C)c6)cc45)[nH]c23)s1. The third kappa shape index (κ3) is 4.68. The normalized spacial score (nSPS) is 11.9. The van der Waals surface area contributed by atoms with Gasteiger partial charge in [0.15, 0.2) is 11.5 Å². The van der Waals surface area contributed by atoms with E-state index < -0.39 is 0 Å². The number of amides is 1. The molecule has 1 aromatic carbocycles. The van der Waals surface area contributed by atoms with Gasteiger partial charge >= 0.3 is 0 Å². The second-order valence-electron chi connectivity index (χ2n) is 10.6. The number of fused-ring (bicyclic) bond motifs is 2. The molecule has 0 aliphatic heterocycles. The van der Waals surface area contributed by atoms with Crippen molar-refractivity contribution in [3.63, 3.8) is 0 Å². The van der Waals surface area contributed by atoms with E-state index in [2.05, 4.69) is 55.6 Å². The van der Waals surface area contributed by atoms with Crippen molar-refractivity contribution >= 4 is 45.0 Å². The Bertz CT molecular complexity index is 1800. The molecule has 0 radical (unpaired) electrons. The zero-order valence-corrected chi connectivity index (χ0v) is 22.4. The Morgan fingerprint density at radius 1 is 1.05 bits per heavy atom. The zero-order valence-electron chi connectivity index (χ0n) is 21.6. The minimum absolute atomic E-state index is 0.0282. The first kappa shape index (κ1) is 24.0. The monoisotopic (exact) mass is 521 g/mol. The van der Waals surface area contributed by atoms with Gasteiger partial charge in [0.05, 0.1) is 22.9 Å². The van der Waals surface area contributed by atoms with Crippen LogP contribution in [0.25, 0.3) is 55.2 Å². The summed E-state index contributed by atoms with van der Waals surface area (Å²) in [4.78, 5) is 32.0. The number of carbonyl (C=O) groups is 1. The van der Waals surface area contributed by atoms with Crippen molar-refractivity contribution in [2.45, 2.75) is 34.1 Å². The number of H-pyrrole nitrogens is 2. The van der Waals surface area contributed by atoms with Gasteiger partial charge in [0.1, 0.15) is 5.69 Å². The van der Waals surface area contributed by atoms with E-state index in [0.29, 0.717) is 23.6 Å². The second-order valence-corrected chi connectivity index (χ2v) is 11.9. The van der Waals surface area contributed by atoms with Crippen LogP contribution in [-0.2, 0) is 4.79 Å². The van der Waals surface area contributed by atoms with Gasteiger partial charge in [-0.25, -0.2) is 9.97 Å². The Balaban J connectivity index is 1.36. The lowest BCUT2D eigenvalue weighted by Gasteiger charge is -2.17. The third-order valence-electron chi connectivity index (χ3n) is 6.23. The number of anilines is 1. The van der Waals surface area contributed by atoms with Crippen LogP contribution < -0.4 is 5.32 Å². The fraction of sp³-hybridized carbons (Fsp3) is 0.207. The van der Waals surface area contributed by atoms with Crippen molar-refractivity contribution < 1.29 is 4.79 Å².